The largest absolute Gasteiger partial charge is 0.355 e. The second-order valence-corrected chi connectivity index (χ2v) is 14.7. The molecule has 0 aliphatic carbocycles. The molecule has 0 atom stereocenters. The maximum absolute atomic E-state index is 3.86. The van der Waals surface area contributed by atoms with E-state index in [4.69, 9.17) is 0 Å². The molecule has 0 amide bonds. The first-order valence-electron chi connectivity index (χ1n) is 19.0. The highest BCUT2D eigenvalue weighted by molar-refractivity contribution is 6.73. The molecular weight excluding hydrogens is 663 g/mol. The van der Waals surface area contributed by atoms with Crippen molar-refractivity contribution in [2.45, 2.75) is 13.8 Å². The summed E-state index contributed by atoms with van der Waals surface area (Å²) in [6.07, 6.45) is 0. The van der Waals surface area contributed by atoms with Gasteiger partial charge in [0, 0.05) is 34.0 Å². The van der Waals surface area contributed by atoms with Gasteiger partial charge in [0.25, 0.3) is 0 Å². The van der Waals surface area contributed by atoms with Crippen molar-refractivity contribution in [2.75, 3.05) is 10.2 Å². The fourth-order valence-corrected chi connectivity index (χ4v) is 8.20. The number of nitrogens with one attached hydrogen (secondary N) is 1. The van der Waals surface area contributed by atoms with E-state index >= 15 is 0 Å². The van der Waals surface area contributed by atoms with Crippen LogP contribution >= 0.6 is 0 Å². The summed E-state index contributed by atoms with van der Waals surface area (Å²) in [5, 5.41) is 8.74. The second-order valence-electron chi connectivity index (χ2n) is 14.7. The molecule has 0 saturated carbocycles. The summed E-state index contributed by atoms with van der Waals surface area (Å²) in [6, 6.07) is 68.4. The van der Waals surface area contributed by atoms with Crippen molar-refractivity contribution >= 4 is 68.2 Å². The normalized spacial score (nSPS) is 11.9. The SMILES string of the molecule is Cc1cc(-c2cc3ccccc3cc2Nc2ccc(-c3ccccc3)cc2)c2c(c1)N(c1cc(-c3ccccc3)ccc1C)c1cc3ccccc3cc1[B]2. The Labute approximate surface area is 323 Å². The molecule has 9 aromatic rings. The fraction of sp³-hybridized carbons (Fsp3) is 0.0385. The summed E-state index contributed by atoms with van der Waals surface area (Å²) in [5.74, 6) is 0. The van der Waals surface area contributed by atoms with E-state index in [2.05, 4.69) is 219 Å². The van der Waals surface area contributed by atoms with Gasteiger partial charge in [-0.3, -0.25) is 0 Å². The average Bonchev–Trinajstić information content (AvgIpc) is 3.23. The molecule has 2 nitrogen and oxygen atoms in total. The lowest BCUT2D eigenvalue weighted by molar-refractivity contribution is 1.25. The first kappa shape index (κ1) is 32.8. The first-order chi connectivity index (χ1) is 27.1. The Hall–Kier alpha value is -6.84. The van der Waals surface area contributed by atoms with E-state index in [0.29, 0.717) is 0 Å². The highest BCUT2D eigenvalue weighted by Crippen LogP contribution is 2.43. The highest BCUT2D eigenvalue weighted by atomic mass is 15.2. The molecule has 0 fully saturated rings. The first-order valence-corrected chi connectivity index (χ1v) is 19.0. The van der Waals surface area contributed by atoms with Crippen molar-refractivity contribution in [3.05, 3.63) is 199 Å². The van der Waals surface area contributed by atoms with Crippen LogP contribution in [0.1, 0.15) is 11.1 Å². The molecule has 1 N–H and O–H groups in total. The summed E-state index contributed by atoms with van der Waals surface area (Å²) in [6.45, 7) is 4.45. The fourth-order valence-electron chi connectivity index (χ4n) is 8.20. The van der Waals surface area contributed by atoms with Crippen LogP contribution in [-0.2, 0) is 0 Å². The zero-order valence-electron chi connectivity index (χ0n) is 30.9. The second kappa shape index (κ2) is 13.5. The summed E-state index contributed by atoms with van der Waals surface area (Å²) in [7, 11) is 2.41. The Balaban J connectivity index is 1.18. The average molecular weight is 702 g/mol. The lowest BCUT2D eigenvalue weighted by Gasteiger charge is -2.36. The molecule has 0 bridgehead atoms. The third kappa shape index (κ3) is 6.04. The third-order valence-electron chi connectivity index (χ3n) is 11.0. The molecule has 1 radical (unpaired) electrons. The molecule has 10 rings (SSSR count). The molecule has 1 heterocycles. The molecule has 0 aromatic heterocycles. The summed E-state index contributed by atoms with van der Waals surface area (Å²) < 4.78 is 0. The minimum atomic E-state index is 1.05. The molecular formula is C52H38BN2. The van der Waals surface area contributed by atoms with E-state index in [1.54, 1.807) is 0 Å². The molecule has 55 heavy (non-hydrogen) atoms. The lowest BCUT2D eigenvalue weighted by Crippen LogP contribution is -2.41. The molecule has 259 valence electrons. The summed E-state index contributed by atoms with van der Waals surface area (Å²) >= 11 is 0. The van der Waals surface area contributed by atoms with Gasteiger partial charge in [-0.25, -0.2) is 0 Å². The zero-order chi connectivity index (χ0) is 36.9. The van der Waals surface area contributed by atoms with Gasteiger partial charge in [-0.2, -0.15) is 0 Å². The Morgan fingerprint density at radius 2 is 0.982 bits per heavy atom. The van der Waals surface area contributed by atoms with Gasteiger partial charge in [-0.15, -0.1) is 0 Å². The van der Waals surface area contributed by atoms with Crippen LogP contribution < -0.4 is 21.1 Å². The number of benzene rings is 9. The molecule has 9 aromatic carbocycles. The van der Waals surface area contributed by atoms with Crippen LogP contribution in [0, 0.1) is 13.8 Å². The van der Waals surface area contributed by atoms with Gasteiger partial charge in [-0.05, 0) is 122 Å². The van der Waals surface area contributed by atoms with Crippen LogP contribution in [0.4, 0.5) is 28.4 Å². The number of fused-ring (bicyclic) bond motifs is 4. The molecule has 1 aliphatic heterocycles. The third-order valence-corrected chi connectivity index (χ3v) is 11.0. The minimum absolute atomic E-state index is 1.05. The Morgan fingerprint density at radius 3 is 1.67 bits per heavy atom. The van der Waals surface area contributed by atoms with Crippen LogP contribution in [0.25, 0.3) is 54.9 Å². The van der Waals surface area contributed by atoms with Crippen molar-refractivity contribution in [2.24, 2.45) is 0 Å². The van der Waals surface area contributed by atoms with Gasteiger partial charge >= 0.3 is 0 Å². The van der Waals surface area contributed by atoms with E-state index in [1.165, 1.54) is 94.0 Å². The Kier molecular flexibility index (Phi) is 8.07. The Morgan fingerprint density at radius 1 is 0.418 bits per heavy atom. The van der Waals surface area contributed by atoms with E-state index in [-0.39, 0.29) is 0 Å². The van der Waals surface area contributed by atoms with Crippen molar-refractivity contribution in [1.82, 2.24) is 0 Å². The zero-order valence-corrected chi connectivity index (χ0v) is 30.9. The topological polar surface area (TPSA) is 15.3 Å². The van der Waals surface area contributed by atoms with Crippen molar-refractivity contribution in [3.8, 4) is 33.4 Å². The van der Waals surface area contributed by atoms with E-state index < -0.39 is 0 Å². The van der Waals surface area contributed by atoms with Crippen LogP contribution in [0.5, 0.6) is 0 Å². The highest BCUT2D eigenvalue weighted by Gasteiger charge is 2.30. The number of aryl methyl sites for hydroxylation is 2. The predicted molar refractivity (Wildman–Crippen MR) is 237 cm³/mol. The number of nitrogens with zero attached hydrogens (tertiary/aromatic N) is 1. The van der Waals surface area contributed by atoms with Crippen molar-refractivity contribution in [3.63, 3.8) is 0 Å². The van der Waals surface area contributed by atoms with Crippen molar-refractivity contribution in [1.29, 1.82) is 0 Å². The van der Waals surface area contributed by atoms with Crippen LogP contribution in [-0.4, -0.2) is 7.28 Å². The molecule has 0 unspecified atom stereocenters. The van der Waals surface area contributed by atoms with E-state index in [0.717, 1.165) is 11.4 Å². The molecule has 0 spiro atoms. The molecule has 3 heteroatoms. The van der Waals surface area contributed by atoms with Crippen LogP contribution in [0.3, 0.4) is 0 Å². The lowest BCUT2D eigenvalue weighted by atomic mass is 9.57. The Bertz CT molecular complexity index is 2880. The van der Waals surface area contributed by atoms with Gasteiger partial charge in [0.05, 0.1) is 0 Å². The van der Waals surface area contributed by atoms with Crippen LogP contribution in [0.15, 0.2) is 188 Å². The number of rotatable bonds is 6. The van der Waals surface area contributed by atoms with Gasteiger partial charge < -0.3 is 10.2 Å². The maximum atomic E-state index is 3.86. The number of anilines is 5. The predicted octanol–water partition coefficient (Wildman–Crippen LogP) is 12.8. The van der Waals surface area contributed by atoms with Gasteiger partial charge in [-0.1, -0.05) is 151 Å². The number of hydrogen-bond donors (Lipinski definition) is 1. The molecule has 1 aliphatic rings. The summed E-state index contributed by atoms with van der Waals surface area (Å²) in [5.41, 5.74) is 17.7. The summed E-state index contributed by atoms with van der Waals surface area (Å²) in [4.78, 5) is 2.51. The monoisotopic (exact) mass is 701 g/mol. The molecule has 0 saturated heterocycles. The maximum Gasteiger partial charge on any atom is 0.197 e. The minimum Gasteiger partial charge on any atom is -0.355 e. The van der Waals surface area contributed by atoms with E-state index in [9.17, 15) is 0 Å². The quantitative estimate of drug-likeness (QED) is 0.174. The van der Waals surface area contributed by atoms with Gasteiger partial charge in [0.15, 0.2) is 7.28 Å². The smallest absolute Gasteiger partial charge is 0.197 e. The standard InChI is InChI=1S/C52H38BN2/c1-34-27-46(45-29-39-17-9-11-19-41(39)31-48(45)54-44-25-23-38(24-26-44)36-13-5-3-6-14-36)52-51(28-34)55(50-33-42-20-12-10-18-40(42)30-47(50)53-52)49-32-43(22-21-35(49)2)37-15-7-4-8-16-37/h3-33,54H,1-2H3. The number of hydrogen-bond acceptors (Lipinski definition) is 2. The van der Waals surface area contributed by atoms with Crippen molar-refractivity contribution < 1.29 is 0 Å². The van der Waals surface area contributed by atoms with Gasteiger partial charge in [0.1, 0.15) is 0 Å². The van der Waals surface area contributed by atoms with Crippen LogP contribution in [0.2, 0.25) is 0 Å². The van der Waals surface area contributed by atoms with E-state index in [1.807, 2.05) is 0 Å². The van der Waals surface area contributed by atoms with Gasteiger partial charge in [0.2, 0.25) is 0 Å².